The van der Waals surface area contributed by atoms with E-state index in [1.807, 2.05) is 32.3 Å². The Balaban J connectivity index is 1.94. The molecule has 1 aliphatic rings. The molecule has 0 radical (unpaired) electrons. The van der Waals surface area contributed by atoms with Crippen LogP contribution in [0.3, 0.4) is 0 Å². The zero-order valence-corrected chi connectivity index (χ0v) is 11.6. The summed E-state index contributed by atoms with van der Waals surface area (Å²) in [5.74, 6) is 0.505. The first-order chi connectivity index (χ1) is 9.67. The molecule has 1 aromatic carbocycles. The Labute approximate surface area is 117 Å². The highest BCUT2D eigenvalue weighted by atomic mass is 19.1. The van der Waals surface area contributed by atoms with Crippen LogP contribution in [0.1, 0.15) is 35.4 Å². The Morgan fingerprint density at radius 2 is 2.15 bits per heavy atom. The van der Waals surface area contributed by atoms with E-state index in [0.717, 1.165) is 29.0 Å². The van der Waals surface area contributed by atoms with Gasteiger partial charge in [-0.3, -0.25) is 4.98 Å². The zero-order chi connectivity index (χ0) is 14.1. The smallest absolute Gasteiger partial charge is 0.127 e. The van der Waals surface area contributed by atoms with Gasteiger partial charge >= 0.3 is 0 Å². The van der Waals surface area contributed by atoms with Crippen LogP contribution < -0.4 is 10.1 Å². The van der Waals surface area contributed by atoms with Crippen LogP contribution in [-0.2, 0) is 0 Å². The first-order valence-electron chi connectivity index (χ1n) is 6.73. The van der Waals surface area contributed by atoms with Crippen molar-refractivity contribution < 1.29 is 9.13 Å². The molecule has 2 aromatic rings. The summed E-state index contributed by atoms with van der Waals surface area (Å²) in [5, 5.41) is 3.23. The Hall–Kier alpha value is -1.94. The van der Waals surface area contributed by atoms with Gasteiger partial charge in [-0.2, -0.15) is 0 Å². The van der Waals surface area contributed by atoms with Crippen LogP contribution >= 0.6 is 0 Å². The van der Waals surface area contributed by atoms with Crippen LogP contribution in [0.5, 0.6) is 5.75 Å². The van der Waals surface area contributed by atoms with Crippen molar-refractivity contribution in [2.75, 3.05) is 7.05 Å². The van der Waals surface area contributed by atoms with Crippen LogP contribution in [0.15, 0.2) is 36.5 Å². The first kappa shape index (κ1) is 13.1. The van der Waals surface area contributed by atoms with Crippen LogP contribution in [-0.4, -0.2) is 12.0 Å². The minimum Gasteiger partial charge on any atom is -0.485 e. The van der Waals surface area contributed by atoms with Gasteiger partial charge in [0, 0.05) is 35.5 Å². The fraction of sp³-hybridized carbons (Fsp3) is 0.312. The molecule has 2 heterocycles. The van der Waals surface area contributed by atoms with Gasteiger partial charge in [0.15, 0.2) is 0 Å². The van der Waals surface area contributed by atoms with Crippen molar-refractivity contribution in [1.82, 2.24) is 10.3 Å². The molecule has 3 nitrogen and oxygen atoms in total. The Bertz CT molecular complexity index is 612. The average Bonchev–Trinajstić information content (AvgIpc) is 2.47. The predicted octanol–water partition coefficient (Wildman–Crippen LogP) is 3.31. The minimum absolute atomic E-state index is 0.0569. The summed E-state index contributed by atoms with van der Waals surface area (Å²) in [4.78, 5) is 4.31. The largest absolute Gasteiger partial charge is 0.485 e. The number of nitrogens with one attached hydrogen (secondary N) is 1. The molecule has 3 rings (SSSR count). The molecule has 0 bridgehead atoms. The summed E-state index contributed by atoms with van der Waals surface area (Å²) >= 11 is 0. The molecule has 2 unspecified atom stereocenters. The topological polar surface area (TPSA) is 34.2 Å². The second-order valence-electron chi connectivity index (χ2n) is 5.10. The summed E-state index contributed by atoms with van der Waals surface area (Å²) in [6.45, 7) is 1.96. The standard InChI is InChI=1S/C16H17FN2O/c1-10-3-4-11(9-19-10)16-8-14(18-2)13-7-12(17)5-6-15(13)20-16/h3-7,9,14,16,18H,8H2,1-2H3. The van der Waals surface area contributed by atoms with E-state index >= 15 is 0 Å². The van der Waals surface area contributed by atoms with E-state index in [1.54, 1.807) is 12.1 Å². The Kier molecular flexibility index (Phi) is 3.40. The van der Waals surface area contributed by atoms with Crippen molar-refractivity contribution in [1.29, 1.82) is 0 Å². The molecule has 4 heteroatoms. The molecule has 1 aromatic heterocycles. The highest BCUT2D eigenvalue weighted by Gasteiger charge is 2.28. The molecule has 0 saturated heterocycles. The summed E-state index contributed by atoms with van der Waals surface area (Å²) in [5.41, 5.74) is 2.91. The van der Waals surface area contributed by atoms with Gasteiger partial charge in [-0.05, 0) is 38.2 Å². The number of aryl methyl sites for hydroxylation is 1. The summed E-state index contributed by atoms with van der Waals surface area (Å²) in [6, 6.07) is 8.77. The number of hydrogen-bond acceptors (Lipinski definition) is 3. The van der Waals surface area contributed by atoms with Crippen LogP contribution in [0.2, 0.25) is 0 Å². The highest BCUT2D eigenvalue weighted by molar-refractivity contribution is 5.39. The number of rotatable bonds is 2. The normalized spacial score (nSPS) is 21.1. The number of halogens is 1. The number of pyridine rings is 1. The molecule has 1 aliphatic heterocycles. The molecule has 20 heavy (non-hydrogen) atoms. The van der Waals surface area contributed by atoms with Crippen molar-refractivity contribution in [2.24, 2.45) is 0 Å². The fourth-order valence-electron chi connectivity index (χ4n) is 2.59. The number of nitrogens with zero attached hydrogens (tertiary/aromatic N) is 1. The lowest BCUT2D eigenvalue weighted by atomic mass is 9.93. The number of aromatic nitrogens is 1. The molecular formula is C16H17FN2O. The molecule has 104 valence electrons. The highest BCUT2D eigenvalue weighted by Crippen LogP contribution is 2.40. The van der Waals surface area contributed by atoms with E-state index in [9.17, 15) is 4.39 Å². The molecule has 0 aliphatic carbocycles. The molecule has 0 saturated carbocycles. The average molecular weight is 272 g/mol. The molecule has 0 amide bonds. The molecule has 1 N–H and O–H groups in total. The van der Waals surface area contributed by atoms with Crippen LogP contribution in [0, 0.1) is 12.7 Å². The maximum absolute atomic E-state index is 13.4. The second kappa shape index (κ2) is 5.21. The van der Waals surface area contributed by atoms with Crippen molar-refractivity contribution in [2.45, 2.75) is 25.5 Å². The number of hydrogen-bond donors (Lipinski definition) is 1. The van der Waals surface area contributed by atoms with Gasteiger partial charge in [-0.1, -0.05) is 6.07 Å². The van der Waals surface area contributed by atoms with Gasteiger partial charge in [-0.25, -0.2) is 4.39 Å². The SMILES string of the molecule is CNC1CC(c2ccc(C)nc2)Oc2ccc(F)cc21. The van der Waals surface area contributed by atoms with Crippen molar-refractivity contribution in [3.05, 3.63) is 59.2 Å². The summed E-state index contributed by atoms with van der Waals surface area (Å²) in [7, 11) is 1.88. The van der Waals surface area contributed by atoms with E-state index in [1.165, 1.54) is 6.07 Å². The van der Waals surface area contributed by atoms with Gasteiger partial charge in [0.1, 0.15) is 17.7 Å². The Morgan fingerprint density at radius 1 is 1.30 bits per heavy atom. The van der Waals surface area contributed by atoms with E-state index in [2.05, 4.69) is 10.3 Å². The molecular weight excluding hydrogens is 255 g/mol. The fourth-order valence-corrected chi connectivity index (χ4v) is 2.59. The predicted molar refractivity (Wildman–Crippen MR) is 75.2 cm³/mol. The number of ether oxygens (including phenoxy) is 1. The minimum atomic E-state index is -0.233. The number of benzene rings is 1. The van der Waals surface area contributed by atoms with Crippen molar-refractivity contribution in [3.8, 4) is 5.75 Å². The quantitative estimate of drug-likeness (QED) is 0.910. The van der Waals surface area contributed by atoms with Gasteiger partial charge in [0.25, 0.3) is 0 Å². The van der Waals surface area contributed by atoms with E-state index < -0.39 is 0 Å². The molecule has 0 fully saturated rings. The maximum Gasteiger partial charge on any atom is 0.127 e. The van der Waals surface area contributed by atoms with Gasteiger partial charge in [0.2, 0.25) is 0 Å². The maximum atomic E-state index is 13.4. The van der Waals surface area contributed by atoms with E-state index in [0.29, 0.717) is 0 Å². The van der Waals surface area contributed by atoms with Crippen molar-refractivity contribution in [3.63, 3.8) is 0 Å². The molecule has 0 spiro atoms. The number of fused-ring (bicyclic) bond motifs is 1. The lowest BCUT2D eigenvalue weighted by Gasteiger charge is -2.32. The van der Waals surface area contributed by atoms with E-state index in [-0.39, 0.29) is 18.0 Å². The lowest BCUT2D eigenvalue weighted by Crippen LogP contribution is -2.27. The lowest BCUT2D eigenvalue weighted by molar-refractivity contribution is 0.153. The van der Waals surface area contributed by atoms with Gasteiger partial charge in [-0.15, -0.1) is 0 Å². The zero-order valence-electron chi connectivity index (χ0n) is 11.6. The molecule has 2 atom stereocenters. The third kappa shape index (κ3) is 2.39. The summed E-state index contributed by atoms with van der Waals surface area (Å²) < 4.78 is 19.4. The van der Waals surface area contributed by atoms with Crippen LogP contribution in [0.25, 0.3) is 0 Å². The third-order valence-electron chi connectivity index (χ3n) is 3.72. The van der Waals surface area contributed by atoms with E-state index in [4.69, 9.17) is 4.74 Å². The third-order valence-corrected chi connectivity index (χ3v) is 3.72. The second-order valence-corrected chi connectivity index (χ2v) is 5.10. The summed E-state index contributed by atoms with van der Waals surface area (Å²) in [6.07, 6.45) is 2.55. The first-order valence-corrected chi connectivity index (χ1v) is 6.73. The Morgan fingerprint density at radius 3 is 2.85 bits per heavy atom. The van der Waals surface area contributed by atoms with Crippen molar-refractivity contribution >= 4 is 0 Å². The van der Waals surface area contributed by atoms with Gasteiger partial charge in [0.05, 0.1) is 0 Å². The monoisotopic (exact) mass is 272 g/mol. The van der Waals surface area contributed by atoms with Gasteiger partial charge < -0.3 is 10.1 Å². The van der Waals surface area contributed by atoms with Crippen LogP contribution in [0.4, 0.5) is 4.39 Å².